The molecule has 1 amide bonds. The third-order valence-corrected chi connectivity index (χ3v) is 3.01. The first-order chi connectivity index (χ1) is 10.3. The maximum Gasteiger partial charge on any atom is 0.433 e. The smallest absolute Gasteiger partial charge is 0.337 e. The first-order valence-electron chi connectivity index (χ1n) is 6.31. The van der Waals surface area contributed by atoms with Crippen molar-refractivity contribution in [1.29, 1.82) is 0 Å². The van der Waals surface area contributed by atoms with E-state index in [1.807, 2.05) is 0 Å². The minimum atomic E-state index is -4.55. The molecule has 0 bridgehead atoms. The zero-order valence-electron chi connectivity index (χ0n) is 11.6. The Labute approximate surface area is 124 Å². The summed E-state index contributed by atoms with van der Waals surface area (Å²) in [6, 6.07) is 7.76. The second-order valence-corrected chi connectivity index (χ2v) is 4.68. The van der Waals surface area contributed by atoms with Crippen LogP contribution in [0.5, 0.6) is 0 Å². The molecular weight excluding hydrogens is 300 g/mol. The summed E-state index contributed by atoms with van der Waals surface area (Å²) in [5, 5.41) is 0. The van der Waals surface area contributed by atoms with Gasteiger partial charge in [0, 0.05) is 25.4 Å². The molecule has 0 unspecified atom stereocenters. The fraction of sp³-hybridized carbons (Fsp3) is 0.200. The van der Waals surface area contributed by atoms with Gasteiger partial charge in [-0.3, -0.25) is 9.78 Å². The standard InChI is InChI=1S/C15H12F4N2O/c1-21(9-11-4-2-3-5-12(11)16)14(22)10-6-7-13(20-8-10)15(17,18)19/h2-8H,9H2,1H3. The van der Waals surface area contributed by atoms with E-state index in [1.165, 1.54) is 30.1 Å². The molecule has 0 fully saturated rings. The predicted molar refractivity (Wildman–Crippen MR) is 71.4 cm³/mol. The Hall–Kier alpha value is -2.44. The molecule has 1 aromatic carbocycles. The van der Waals surface area contributed by atoms with Gasteiger partial charge in [0.15, 0.2) is 0 Å². The Kier molecular flexibility index (Phi) is 4.44. The molecular formula is C15H12F4N2O. The highest BCUT2D eigenvalue weighted by Crippen LogP contribution is 2.27. The molecule has 116 valence electrons. The minimum Gasteiger partial charge on any atom is -0.337 e. The Morgan fingerprint density at radius 2 is 1.86 bits per heavy atom. The summed E-state index contributed by atoms with van der Waals surface area (Å²) in [7, 11) is 1.44. The summed E-state index contributed by atoms with van der Waals surface area (Å²) in [4.78, 5) is 16.5. The second-order valence-electron chi connectivity index (χ2n) is 4.68. The van der Waals surface area contributed by atoms with Crippen LogP contribution in [0, 0.1) is 5.82 Å². The van der Waals surface area contributed by atoms with E-state index in [9.17, 15) is 22.4 Å². The normalized spacial score (nSPS) is 11.3. The van der Waals surface area contributed by atoms with Crippen molar-refractivity contribution in [3.05, 3.63) is 65.2 Å². The maximum absolute atomic E-state index is 13.5. The van der Waals surface area contributed by atoms with Gasteiger partial charge in [-0.05, 0) is 18.2 Å². The first kappa shape index (κ1) is 15.9. The van der Waals surface area contributed by atoms with Crippen LogP contribution in [0.15, 0.2) is 42.6 Å². The van der Waals surface area contributed by atoms with Crippen molar-refractivity contribution in [2.75, 3.05) is 7.05 Å². The van der Waals surface area contributed by atoms with Gasteiger partial charge >= 0.3 is 6.18 Å². The maximum atomic E-state index is 13.5. The molecule has 7 heteroatoms. The molecule has 0 aliphatic carbocycles. The van der Waals surface area contributed by atoms with E-state index < -0.39 is 23.6 Å². The average Bonchev–Trinajstić information content (AvgIpc) is 2.48. The van der Waals surface area contributed by atoms with Gasteiger partial charge in [0.05, 0.1) is 5.56 Å². The second kappa shape index (κ2) is 6.13. The molecule has 0 radical (unpaired) electrons. The fourth-order valence-electron chi connectivity index (χ4n) is 1.86. The van der Waals surface area contributed by atoms with Gasteiger partial charge in [0.25, 0.3) is 5.91 Å². The van der Waals surface area contributed by atoms with Crippen molar-refractivity contribution in [2.24, 2.45) is 0 Å². The molecule has 0 aliphatic heterocycles. The van der Waals surface area contributed by atoms with Crippen molar-refractivity contribution < 1.29 is 22.4 Å². The van der Waals surface area contributed by atoms with E-state index in [0.29, 0.717) is 5.56 Å². The lowest BCUT2D eigenvalue weighted by atomic mass is 10.2. The summed E-state index contributed by atoms with van der Waals surface area (Å²) in [6.07, 6.45) is -3.69. The topological polar surface area (TPSA) is 33.2 Å². The number of hydrogen-bond acceptors (Lipinski definition) is 2. The summed E-state index contributed by atoms with van der Waals surface area (Å²) < 4.78 is 50.8. The summed E-state index contributed by atoms with van der Waals surface area (Å²) in [6.45, 7) is 0.00648. The molecule has 1 aromatic heterocycles. The summed E-state index contributed by atoms with van der Waals surface area (Å²) >= 11 is 0. The Balaban J connectivity index is 2.12. The van der Waals surface area contributed by atoms with E-state index in [2.05, 4.69) is 4.98 Å². The third kappa shape index (κ3) is 3.60. The van der Waals surface area contributed by atoms with E-state index >= 15 is 0 Å². The lowest BCUT2D eigenvalue weighted by molar-refractivity contribution is -0.141. The van der Waals surface area contributed by atoms with Crippen molar-refractivity contribution in [3.63, 3.8) is 0 Å². The molecule has 22 heavy (non-hydrogen) atoms. The largest absolute Gasteiger partial charge is 0.433 e. The van der Waals surface area contributed by atoms with Gasteiger partial charge in [-0.25, -0.2) is 4.39 Å². The van der Waals surface area contributed by atoms with Crippen LogP contribution < -0.4 is 0 Å². The van der Waals surface area contributed by atoms with Crippen molar-refractivity contribution in [1.82, 2.24) is 9.88 Å². The molecule has 0 atom stereocenters. The van der Waals surface area contributed by atoms with E-state index in [1.54, 1.807) is 6.07 Å². The highest BCUT2D eigenvalue weighted by molar-refractivity contribution is 5.93. The first-order valence-corrected chi connectivity index (χ1v) is 6.31. The zero-order chi connectivity index (χ0) is 16.3. The van der Waals surface area contributed by atoms with Crippen LogP contribution in [0.25, 0.3) is 0 Å². The van der Waals surface area contributed by atoms with E-state index in [-0.39, 0.29) is 12.1 Å². The summed E-state index contributed by atoms with van der Waals surface area (Å²) in [5.74, 6) is -0.989. The van der Waals surface area contributed by atoms with Gasteiger partial charge in [0.2, 0.25) is 0 Å². The van der Waals surface area contributed by atoms with E-state index in [0.717, 1.165) is 18.3 Å². The van der Waals surface area contributed by atoms with Gasteiger partial charge in [-0.15, -0.1) is 0 Å². The van der Waals surface area contributed by atoms with Crippen molar-refractivity contribution in [2.45, 2.75) is 12.7 Å². The van der Waals surface area contributed by atoms with Crippen LogP contribution >= 0.6 is 0 Å². The molecule has 0 saturated carbocycles. The number of pyridine rings is 1. The highest BCUT2D eigenvalue weighted by atomic mass is 19.4. The molecule has 1 heterocycles. The molecule has 0 saturated heterocycles. The monoisotopic (exact) mass is 312 g/mol. The molecule has 0 N–H and O–H groups in total. The van der Waals surface area contributed by atoms with Crippen LogP contribution in [0.1, 0.15) is 21.6 Å². The minimum absolute atomic E-state index is 0.00633. The average molecular weight is 312 g/mol. The predicted octanol–water partition coefficient (Wildman–Crippen LogP) is 3.51. The number of benzene rings is 1. The van der Waals surface area contributed by atoms with Crippen LogP contribution in [0.4, 0.5) is 17.6 Å². The third-order valence-electron chi connectivity index (χ3n) is 3.01. The number of rotatable bonds is 3. The van der Waals surface area contributed by atoms with Crippen LogP contribution in [0.2, 0.25) is 0 Å². The number of alkyl halides is 3. The van der Waals surface area contributed by atoms with Crippen molar-refractivity contribution >= 4 is 5.91 Å². The molecule has 0 spiro atoms. The molecule has 3 nitrogen and oxygen atoms in total. The summed E-state index contributed by atoms with van der Waals surface area (Å²) in [5.41, 5.74) is -0.745. The highest BCUT2D eigenvalue weighted by Gasteiger charge is 2.32. The molecule has 0 aliphatic rings. The van der Waals surface area contributed by atoms with Crippen LogP contribution in [0.3, 0.4) is 0 Å². The number of halogens is 4. The Morgan fingerprint density at radius 1 is 1.18 bits per heavy atom. The van der Waals surface area contributed by atoms with Gasteiger partial charge in [-0.1, -0.05) is 18.2 Å². The van der Waals surface area contributed by atoms with Crippen LogP contribution in [-0.2, 0) is 12.7 Å². The van der Waals surface area contributed by atoms with Gasteiger partial charge in [-0.2, -0.15) is 13.2 Å². The lowest BCUT2D eigenvalue weighted by Gasteiger charge is -2.17. The van der Waals surface area contributed by atoms with Gasteiger partial charge < -0.3 is 4.90 Å². The number of carbonyl (C=O) groups excluding carboxylic acids is 1. The number of amides is 1. The SMILES string of the molecule is CN(Cc1ccccc1F)C(=O)c1ccc(C(F)(F)F)nc1. The molecule has 2 rings (SSSR count). The zero-order valence-corrected chi connectivity index (χ0v) is 11.6. The Morgan fingerprint density at radius 3 is 2.41 bits per heavy atom. The number of aromatic nitrogens is 1. The van der Waals surface area contributed by atoms with Crippen molar-refractivity contribution in [3.8, 4) is 0 Å². The van der Waals surface area contributed by atoms with E-state index in [4.69, 9.17) is 0 Å². The van der Waals surface area contributed by atoms with Gasteiger partial charge in [0.1, 0.15) is 11.5 Å². The fourth-order valence-corrected chi connectivity index (χ4v) is 1.86. The number of carbonyl (C=O) groups is 1. The number of hydrogen-bond donors (Lipinski definition) is 0. The molecule has 2 aromatic rings. The van der Waals surface area contributed by atoms with Crippen LogP contribution in [-0.4, -0.2) is 22.8 Å². The Bertz CT molecular complexity index is 668. The number of nitrogens with zero attached hydrogens (tertiary/aromatic N) is 2. The quantitative estimate of drug-likeness (QED) is 0.813. The lowest BCUT2D eigenvalue weighted by Crippen LogP contribution is -2.27.